The second-order valence-electron chi connectivity index (χ2n) is 3.71. The molecule has 1 N–H and O–H groups in total. The summed E-state index contributed by atoms with van der Waals surface area (Å²) in [6.07, 6.45) is 2.27. The predicted molar refractivity (Wildman–Crippen MR) is 54.8 cm³/mol. The molecule has 0 saturated heterocycles. The van der Waals surface area contributed by atoms with Gasteiger partial charge < -0.3 is 9.84 Å². The van der Waals surface area contributed by atoms with Crippen molar-refractivity contribution in [2.75, 3.05) is 13.7 Å². The van der Waals surface area contributed by atoms with E-state index in [9.17, 15) is 9.50 Å². The third-order valence-electron chi connectivity index (χ3n) is 2.24. The summed E-state index contributed by atoms with van der Waals surface area (Å²) in [4.78, 5) is 3.63. The Morgan fingerprint density at radius 2 is 2.33 bits per heavy atom. The first-order chi connectivity index (χ1) is 7.15. The van der Waals surface area contributed by atoms with Crippen LogP contribution in [0.2, 0.25) is 0 Å². The molecule has 1 aromatic heterocycles. The van der Waals surface area contributed by atoms with Gasteiger partial charge >= 0.3 is 0 Å². The summed E-state index contributed by atoms with van der Waals surface area (Å²) in [5.74, 6) is -0.271. The molecule has 2 atom stereocenters. The molecule has 1 rings (SSSR count). The predicted octanol–water partition coefficient (Wildman–Crippen LogP) is 1.93. The molecular weight excluding hydrogens is 197 g/mol. The number of halogens is 1. The van der Waals surface area contributed by atoms with Crippen LogP contribution >= 0.6 is 0 Å². The number of aliphatic hydroxyl groups excluding tert-OH is 1. The summed E-state index contributed by atoms with van der Waals surface area (Å²) in [5.41, 5.74) is 0.299. The fraction of sp³-hybridized carbons (Fsp3) is 0.545. The lowest BCUT2D eigenvalue weighted by molar-refractivity contribution is 0.0996. The molecule has 1 heterocycles. The van der Waals surface area contributed by atoms with Gasteiger partial charge in [0.25, 0.3) is 0 Å². The van der Waals surface area contributed by atoms with Gasteiger partial charge in [0, 0.05) is 25.5 Å². The van der Waals surface area contributed by atoms with Crippen LogP contribution in [0.15, 0.2) is 18.5 Å². The molecule has 0 aromatic carbocycles. The number of pyridine rings is 1. The second-order valence-corrected chi connectivity index (χ2v) is 3.71. The van der Waals surface area contributed by atoms with Crippen molar-refractivity contribution in [3.05, 3.63) is 29.8 Å². The lowest BCUT2D eigenvalue weighted by Crippen LogP contribution is -2.10. The number of methoxy groups -OCH3 is 1. The smallest absolute Gasteiger partial charge is 0.147 e. The Labute approximate surface area is 88.9 Å². The highest BCUT2D eigenvalue weighted by atomic mass is 19.1. The molecule has 0 fully saturated rings. The number of hydrogen-bond donors (Lipinski definition) is 1. The molecule has 84 valence electrons. The largest absolute Gasteiger partial charge is 0.388 e. The number of aliphatic hydroxyl groups is 1. The molecule has 4 heteroatoms. The van der Waals surface area contributed by atoms with Crippen molar-refractivity contribution in [3.8, 4) is 0 Å². The lowest BCUT2D eigenvalue weighted by Gasteiger charge is -2.16. The molecule has 0 saturated carbocycles. The normalized spacial score (nSPS) is 14.9. The van der Waals surface area contributed by atoms with Gasteiger partial charge in [-0.1, -0.05) is 6.92 Å². The third kappa shape index (κ3) is 3.57. The Balaban J connectivity index is 2.61. The first kappa shape index (κ1) is 12.1. The standard InChI is InChI=1S/C11H16FNO2/c1-8(7-15-2)5-11(14)9-3-4-13-6-10(9)12/h3-4,6,8,11,14H,5,7H2,1-2H3. The van der Waals surface area contributed by atoms with Gasteiger partial charge in [-0.15, -0.1) is 0 Å². The molecule has 15 heavy (non-hydrogen) atoms. The summed E-state index contributed by atoms with van der Waals surface area (Å²) in [7, 11) is 1.61. The topological polar surface area (TPSA) is 42.4 Å². The van der Waals surface area contributed by atoms with Gasteiger partial charge in [-0.3, -0.25) is 4.98 Å². The van der Waals surface area contributed by atoms with Gasteiger partial charge in [0.1, 0.15) is 5.82 Å². The summed E-state index contributed by atoms with van der Waals surface area (Å²) in [6.45, 7) is 2.51. The van der Waals surface area contributed by atoms with Gasteiger partial charge in [-0.2, -0.15) is 0 Å². The van der Waals surface area contributed by atoms with Crippen LogP contribution in [0, 0.1) is 11.7 Å². The molecular formula is C11H16FNO2. The van der Waals surface area contributed by atoms with Crippen molar-refractivity contribution in [1.82, 2.24) is 4.98 Å². The summed E-state index contributed by atoms with van der Waals surface area (Å²) in [6, 6.07) is 1.50. The number of ether oxygens (including phenoxy) is 1. The van der Waals surface area contributed by atoms with Crippen LogP contribution in [0.25, 0.3) is 0 Å². The van der Waals surface area contributed by atoms with Crippen LogP contribution in [0.5, 0.6) is 0 Å². The van der Waals surface area contributed by atoms with Gasteiger partial charge in [0.2, 0.25) is 0 Å². The van der Waals surface area contributed by atoms with E-state index in [1.807, 2.05) is 6.92 Å². The van der Waals surface area contributed by atoms with Gasteiger partial charge in [-0.05, 0) is 18.4 Å². The molecule has 0 aliphatic carbocycles. The van der Waals surface area contributed by atoms with Crippen molar-refractivity contribution in [2.45, 2.75) is 19.4 Å². The minimum Gasteiger partial charge on any atom is -0.388 e. The maximum Gasteiger partial charge on any atom is 0.147 e. The highest BCUT2D eigenvalue weighted by molar-refractivity contribution is 5.15. The Bertz CT molecular complexity index is 306. The molecule has 1 aromatic rings. The van der Waals surface area contributed by atoms with E-state index in [0.29, 0.717) is 18.6 Å². The molecule has 3 nitrogen and oxygen atoms in total. The fourth-order valence-corrected chi connectivity index (χ4v) is 1.52. The van der Waals surface area contributed by atoms with Crippen LogP contribution in [0.1, 0.15) is 25.0 Å². The number of aromatic nitrogens is 1. The van der Waals surface area contributed by atoms with E-state index < -0.39 is 11.9 Å². The summed E-state index contributed by atoms with van der Waals surface area (Å²) < 4.78 is 18.2. The highest BCUT2D eigenvalue weighted by Crippen LogP contribution is 2.22. The zero-order valence-electron chi connectivity index (χ0n) is 8.98. The minimum atomic E-state index is -0.793. The van der Waals surface area contributed by atoms with Gasteiger partial charge in [0.05, 0.1) is 12.3 Å². The molecule has 2 unspecified atom stereocenters. The Morgan fingerprint density at radius 3 is 2.93 bits per heavy atom. The molecule has 0 spiro atoms. The van der Waals surface area contributed by atoms with Crippen LogP contribution < -0.4 is 0 Å². The molecule has 0 amide bonds. The van der Waals surface area contributed by atoms with Crippen molar-refractivity contribution < 1.29 is 14.2 Å². The van der Waals surface area contributed by atoms with Crippen molar-refractivity contribution in [3.63, 3.8) is 0 Å². The Kier molecular flexibility index (Phi) is 4.65. The van der Waals surface area contributed by atoms with E-state index >= 15 is 0 Å². The third-order valence-corrected chi connectivity index (χ3v) is 2.24. The maximum atomic E-state index is 13.2. The van der Waals surface area contributed by atoms with Crippen LogP contribution in [0.3, 0.4) is 0 Å². The fourth-order valence-electron chi connectivity index (χ4n) is 1.52. The van der Waals surface area contributed by atoms with Crippen LogP contribution in [-0.4, -0.2) is 23.8 Å². The molecule has 0 aliphatic heterocycles. The number of nitrogens with zero attached hydrogens (tertiary/aromatic N) is 1. The summed E-state index contributed by atoms with van der Waals surface area (Å²) in [5, 5.41) is 9.78. The zero-order valence-corrected chi connectivity index (χ0v) is 8.98. The molecule has 0 bridgehead atoms. The maximum absolute atomic E-state index is 13.2. The van der Waals surface area contributed by atoms with Crippen LogP contribution in [0.4, 0.5) is 4.39 Å². The second kappa shape index (κ2) is 5.78. The Hall–Kier alpha value is -1.00. The lowest BCUT2D eigenvalue weighted by atomic mass is 9.99. The van der Waals surface area contributed by atoms with Crippen molar-refractivity contribution in [2.24, 2.45) is 5.92 Å². The number of rotatable bonds is 5. The average molecular weight is 213 g/mol. The molecule has 0 radical (unpaired) electrons. The summed E-state index contributed by atoms with van der Waals surface area (Å²) >= 11 is 0. The monoisotopic (exact) mass is 213 g/mol. The van der Waals surface area contributed by atoms with Crippen molar-refractivity contribution >= 4 is 0 Å². The van der Waals surface area contributed by atoms with Crippen molar-refractivity contribution in [1.29, 1.82) is 0 Å². The first-order valence-electron chi connectivity index (χ1n) is 4.91. The van der Waals surface area contributed by atoms with E-state index in [1.165, 1.54) is 12.3 Å². The average Bonchev–Trinajstić information content (AvgIpc) is 2.18. The minimum absolute atomic E-state index is 0.192. The zero-order chi connectivity index (χ0) is 11.3. The highest BCUT2D eigenvalue weighted by Gasteiger charge is 2.15. The molecule has 0 aliphatic rings. The van der Waals surface area contributed by atoms with E-state index in [4.69, 9.17) is 4.74 Å². The number of hydrogen-bond acceptors (Lipinski definition) is 3. The van der Waals surface area contributed by atoms with E-state index in [2.05, 4.69) is 4.98 Å². The van der Waals surface area contributed by atoms with Gasteiger partial charge in [-0.25, -0.2) is 4.39 Å². The quantitative estimate of drug-likeness (QED) is 0.812. The first-order valence-corrected chi connectivity index (χ1v) is 4.91. The van der Waals surface area contributed by atoms with Crippen LogP contribution in [-0.2, 0) is 4.74 Å². The SMILES string of the molecule is COCC(C)CC(O)c1ccncc1F. The van der Waals surface area contributed by atoms with E-state index in [0.717, 1.165) is 6.20 Å². The van der Waals surface area contributed by atoms with Gasteiger partial charge in [0.15, 0.2) is 0 Å². The van der Waals surface area contributed by atoms with E-state index in [-0.39, 0.29) is 5.92 Å². The Morgan fingerprint density at radius 1 is 1.60 bits per heavy atom. The van der Waals surface area contributed by atoms with E-state index in [1.54, 1.807) is 7.11 Å².